The van der Waals surface area contributed by atoms with Crippen LogP contribution in [0.15, 0.2) is 59.4 Å². The van der Waals surface area contributed by atoms with Crippen molar-refractivity contribution in [3.8, 4) is 0 Å². The zero-order valence-corrected chi connectivity index (χ0v) is 11.3. The van der Waals surface area contributed by atoms with Crippen molar-refractivity contribution < 1.29 is 4.55 Å². The Morgan fingerprint density at radius 3 is 2.75 bits per heavy atom. The summed E-state index contributed by atoms with van der Waals surface area (Å²) in [5, 5.41) is 1.98. The predicted molar refractivity (Wildman–Crippen MR) is 77.1 cm³/mol. The van der Waals surface area contributed by atoms with E-state index in [1.807, 2.05) is 47.9 Å². The molecule has 1 aromatic rings. The molecule has 0 bridgehead atoms. The van der Waals surface area contributed by atoms with Gasteiger partial charge in [0.05, 0.1) is 0 Å². The van der Waals surface area contributed by atoms with Gasteiger partial charge >= 0.3 is 0 Å². The molecule has 0 aromatic heterocycles. The first-order chi connectivity index (χ1) is 7.84. The first-order valence-corrected chi connectivity index (χ1v) is 8.52. The minimum atomic E-state index is -0.920. The third-order valence-electron chi connectivity index (χ3n) is 1.66. The van der Waals surface area contributed by atoms with Crippen LogP contribution >= 0.6 is 21.6 Å². The molecule has 1 aromatic carbocycles. The predicted octanol–water partition coefficient (Wildman–Crippen LogP) is 3.88. The summed E-state index contributed by atoms with van der Waals surface area (Å²) in [5.41, 5.74) is 0. The fourth-order valence-corrected chi connectivity index (χ4v) is 3.43. The molecule has 0 N–H and O–H groups in total. The van der Waals surface area contributed by atoms with E-state index in [9.17, 15) is 4.55 Å². The number of hydrogen-bond donors (Lipinski definition) is 0. The fourth-order valence-electron chi connectivity index (χ4n) is 0.961. The van der Waals surface area contributed by atoms with Crippen molar-refractivity contribution in [1.82, 2.24) is 0 Å². The van der Waals surface area contributed by atoms with Gasteiger partial charge in [0.25, 0.3) is 0 Å². The third kappa shape index (κ3) is 5.70. The van der Waals surface area contributed by atoms with Crippen molar-refractivity contribution in [3.05, 3.63) is 54.5 Å². The van der Waals surface area contributed by atoms with Crippen LogP contribution in [-0.2, 0) is 11.2 Å². The molecule has 0 aliphatic heterocycles. The van der Waals surface area contributed by atoms with Crippen LogP contribution in [0.25, 0.3) is 0 Å². The molecule has 1 atom stereocenters. The Labute approximate surface area is 108 Å². The van der Waals surface area contributed by atoms with Crippen LogP contribution in [0.1, 0.15) is 0 Å². The molecule has 0 aliphatic carbocycles. The van der Waals surface area contributed by atoms with E-state index in [0.29, 0.717) is 5.75 Å². The fraction of sp³-hybridized carbons (Fsp3) is 0.167. The molecule has 0 spiro atoms. The quantitative estimate of drug-likeness (QED) is 0.325. The normalized spacial score (nSPS) is 12.8. The van der Waals surface area contributed by atoms with Crippen LogP contribution in [0.5, 0.6) is 0 Å². The maximum absolute atomic E-state index is 11.8. The van der Waals surface area contributed by atoms with Crippen molar-refractivity contribution in [2.45, 2.75) is 4.90 Å². The van der Waals surface area contributed by atoms with E-state index in [2.05, 4.69) is 6.58 Å². The van der Waals surface area contributed by atoms with E-state index in [0.717, 1.165) is 10.6 Å². The van der Waals surface area contributed by atoms with Gasteiger partial charge < -0.3 is 4.55 Å². The number of rotatable bonds is 7. The molecule has 0 saturated heterocycles. The molecule has 4 heteroatoms. The molecule has 1 rings (SSSR count). The molecule has 0 fully saturated rings. The van der Waals surface area contributed by atoms with Gasteiger partial charge in [0.15, 0.2) is 4.90 Å². The second kappa shape index (κ2) is 8.82. The van der Waals surface area contributed by atoms with Gasteiger partial charge in [0.1, 0.15) is 5.75 Å². The van der Waals surface area contributed by atoms with Gasteiger partial charge in [-0.15, -0.1) is 6.58 Å². The average molecular weight is 270 g/mol. The largest absolute Gasteiger partial charge is 0.611 e. The first-order valence-electron chi connectivity index (χ1n) is 4.82. The lowest BCUT2D eigenvalue weighted by molar-refractivity contribution is 0.598. The first kappa shape index (κ1) is 13.8. The van der Waals surface area contributed by atoms with E-state index in [1.165, 1.54) is 0 Å². The Morgan fingerprint density at radius 1 is 1.31 bits per heavy atom. The van der Waals surface area contributed by atoms with Gasteiger partial charge in [0.2, 0.25) is 0 Å². The van der Waals surface area contributed by atoms with Gasteiger partial charge in [-0.3, -0.25) is 0 Å². The van der Waals surface area contributed by atoms with Gasteiger partial charge in [-0.25, -0.2) is 0 Å². The zero-order chi connectivity index (χ0) is 11.6. The number of hydrogen-bond acceptors (Lipinski definition) is 3. The standard InChI is InChI=1S/C12H14OS3/c1-2-9-14-15-10-6-11-16(13)12-7-4-3-5-8-12/h2-8,10H,1,9,11H2/b10-6+. The Balaban J connectivity index is 2.25. The zero-order valence-electron chi connectivity index (χ0n) is 8.87. The maximum Gasteiger partial charge on any atom is 0.152 e. The minimum absolute atomic E-state index is 0.575. The van der Waals surface area contributed by atoms with E-state index in [4.69, 9.17) is 0 Å². The second-order valence-electron chi connectivity index (χ2n) is 2.87. The molecular weight excluding hydrogens is 256 g/mol. The Bertz CT molecular complexity index is 324. The van der Waals surface area contributed by atoms with Crippen LogP contribution in [-0.4, -0.2) is 16.1 Å². The molecular formula is C12H14OS3. The molecule has 1 nitrogen and oxygen atoms in total. The SMILES string of the molecule is C=CCSS/C=C/C[S+]([O-])c1ccccc1. The van der Waals surface area contributed by atoms with E-state index in [-0.39, 0.29) is 0 Å². The topological polar surface area (TPSA) is 23.1 Å². The molecule has 0 amide bonds. The summed E-state index contributed by atoms with van der Waals surface area (Å²) in [6.07, 6.45) is 3.82. The van der Waals surface area contributed by atoms with Crippen LogP contribution in [0, 0.1) is 0 Å². The summed E-state index contributed by atoms with van der Waals surface area (Å²) in [7, 11) is 3.36. The lowest BCUT2D eigenvalue weighted by Crippen LogP contribution is -2.03. The van der Waals surface area contributed by atoms with Gasteiger partial charge in [0, 0.05) is 5.75 Å². The average Bonchev–Trinajstić information content (AvgIpc) is 2.34. The Kier molecular flexibility index (Phi) is 7.59. The van der Waals surface area contributed by atoms with Gasteiger partial charge in [-0.2, -0.15) is 0 Å². The Morgan fingerprint density at radius 2 is 2.06 bits per heavy atom. The minimum Gasteiger partial charge on any atom is -0.611 e. The highest BCUT2D eigenvalue weighted by Gasteiger charge is 2.06. The van der Waals surface area contributed by atoms with Crippen LogP contribution in [0.3, 0.4) is 0 Å². The molecule has 0 aliphatic rings. The molecule has 1 unspecified atom stereocenters. The van der Waals surface area contributed by atoms with Crippen molar-refractivity contribution in [2.75, 3.05) is 11.5 Å². The second-order valence-corrected chi connectivity index (χ2v) is 6.68. The summed E-state index contributed by atoms with van der Waals surface area (Å²) in [5.74, 6) is 1.50. The molecule has 0 saturated carbocycles. The lowest BCUT2D eigenvalue weighted by Gasteiger charge is -2.06. The summed E-state index contributed by atoms with van der Waals surface area (Å²) in [6.45, 7) is 3.64. The van der Waals surface area contributed by atoms with Crippen LogP contribution in [0.2, 0.25) is 0 Å². The number of benzene rings is 1. The molecule has 86 valence electrons. The van der Waals surface area contributed by atoms with Gasteiger partial charge in [-0.05, 0) is 34.8 Å². The summed E-state index contributed by atoms with van der Waals surface area (Å²) < 4.78 is 11.8. The third-order valence-corrected chi connectivity index (χ3v) is 4.91. The van der Waals surface area contributed by atoms with Crippen molar-refractivity contribution in [3.63, 3.8) is 0 Å². The molecule has 16 heavy (non-hydrogen) atoms. The Hall–Kier alpha value is -0.290. The lowest BCUT2D eigenvalue weighted by atomic mass is 10.4. The van der Waals surface area contributed by atoms with E-state index in [1.54, 1.807) is 21.6 Å². The van der Waals surface area contributed by atoms with Crippen molar-refractivity contribution >= 4 is 32.8 Å². The highest BCUT2D eigenvalue weighted by molar-refractivity contribution is 8.77. The summed E-state index contributed by atoms with van der Waals surface area (Å²) in [4.78, 5) is 0.885. The van der Waals surface area contributed by atoms with Crippen molar-refractivity contribution in [1.29, 1.82) is 0 Å². The van der Waals surface area contributed by atoms with Crippen LogP contribution in [0.4, 0.5) is 0 Å². The summed E-state index contributed by atoms with van der Waals surface area (Å²) in [6, 6.07) is 9.53. The van der Waals surface area contributed by atoms with E-state index >= 15 is 0 Å². The highest BCUT2D eigenvalue weighted by atomic mass is 33.1. The molecule has 0 heterocycles. The summed E-state index contributed by atoms with van der Waals surface area (Å²) >= 11 is -0.920. The van der Waals surface area contributed by atoms with E-state index < -0.39 is 11.2 Å². The van der Waals surface area contributed by atoms with Crippen LogP contribution < -0.4 is 0 Å². The maximum atomic E-state index is 11.8. The molecule has 0 radical (unpaired) electrons. The van der Waals surface area contributed by atoms with Crippen molar-refractivity contribution in [2.24, 2.45) is 0 Å². The monoisotopic (exact) mass is 270 g/mol. The van der Waals surface area contributed by atoms with Gasteiger partial charge in [-0.1, -0.05) is 45.9 Å². The smallest absolute Gasteiger partial charge is 0.152 e. The highest BCUT2D eigenvalue weighted by Crippen LogP contribution is 2.22.